The molecule has 132 valence electrons. The Bertz CT molecular complexity index is 946. The van der Waals surface area contributed by atoms with Crippen molar-refractivity contribution in [2.24, 2.45) is 0 Å². The molecule has 2 heteroatoms. The van der Waals surface area contributed by atoms with Crippen LogP contribution in [0.4, 0.5) is 0 Å². The van der Waals surface area contributed by atoms with Crippen LogP contribution in [0.1, 0.15) is 16.8 Å². The van der Waals surface area contributed by atoms with Crippen molar-refractivity contribution < 1.29 is 0 Å². The van der Waals surface area contributed by atoms with Crippen LogP contribution >= 0.6 is 7.05 Å². The second-order valence-corrected chi connectivity index (χ2v) is 9.61. The van der Waals surface area contributed by atoms with E-state index in [1.807, 2.05) is 24.3 Å². The maximum absolute atomic E-state index is 9.95. The summed E-state index contributed by atoms with van der Waals surface area (Å²) >= 11 is 0. The summed E-state index contributed by atoms with van der Waals surface area (Å²) in [5.41, 5.74) is 2.38. The lowest BCUT2D eigenvalue weighted by molar-refractivity contribution is 1.13. The summed E-state index contributed by atoms with van der Waals surface area (Å²) in [5.74, 6) is 0. The maximum Gasteiger partial charge on any atom is 0.0513 e. The van der Waals surface area contributed by atoms with Crippen molar-refractivity contribution in [2.75, 3.05) is 0 Å². The number of hydrogen-bond donors (Lipinski definition) is 1. The van der Waals surface area contributed by atoms with Crippen LogP contribution in [0.5, 0.6) is 0 Å². The van der Waals surface area contributed by atoms with E-state index in [0.29, 0.717) is 0 Å². The van der Waals surface area contributed by atoms with Crippen LogP contribution in [0.25, 0.3) is 0 Å². The van der Waals surface area contributed by atoms with Gasteiger partial charge < -0.3 is 5.16 Å². The van der Waals surface area contributed by atoms with Gasteiger partial charge in [-0.2, -0.15) is 0 Å². The van der Waals surface area contributed by atoms with E-state index in [2.05, 4.69) is 97.1 Å². The summed E-state index contributed by atoms with van der Waals surface area (Å²) < 4.78 is 0. The highest BCUT2D eigenvalue weighted by Gasteiger charge is 2.34. The van der Waals surface area contributed by atoms with Crippen LogP contribution in [-0.4, -0.2) is 0 Å². The zero-order chi connectivity index (χ0) is 18.5. The van der Waals surface area contributed by atoms with Crippen LogP contribution in [-0.2, 0) is 0 Å². The van der Waals surface area contributed by atoms with Crippen LogP contribution in [0.2, 0.25) is 0 Å². The van der Waals surface area contributed by atoms with Crippen molar-refractivity contribution in [1.29, 1.82) is 5.16 Å². The quantitative estimate of drug-likeness (QED) is 0.406. The Labute approximate surface area is 161 Å². The third-order valence-electron chi connectivity index (χ3n) is 4.94. The Balaban J connectivity index is 2.03. The van der Waals surface area contributed by atoms with Gasteiger partial charge in [0, 0.05) is 7.05 Å². The topological polar surface area (TPSA) is 23.9 Å². The first-order valence-electron chi connectivity index (χ1n) is 9.15. The fourth-order valence-corrected chi connectivity index (χ4v) is 7.10. The van der Waals surface area contributed by atoms with Crippen molar-refractivity contribution in [3.63, 3.8) is 0 Å². The Kier molecular flexibility index (Phi) is 5.05. The average molecular weight is 367 g/mol. The Hall–Kier alpha value is -2.89. The average Bonchev–Trinajstić information content (AvgIpc) is 2.76. The van der Waals surface area contributed by atoms with Crippen molar-refractivity contribution >= 4 is 17.7 Å². The molecule has 1 N–H and O–H groups in total. The smallest absolute Gasteiger partial charge is 0.0513 e. The first-order valence-corrected chi connectivity index (χ1v) is 11.0. The number of nitrogens with one attached hydrogen (secondary N) is 1. The van der Waals surface area contributed by atoms with Gasteiger partial charge in [0.2, 0.25) is 0 Å². The summed E-state index contributed by atoms with van der Waals surface area (Å²) in [6, 6.07) is 41.7. The molecule has 0 unspecified atom stereocenters. The molecule has 0 spiro atoms. The van der Waals surface area contributed by atoms with Crippen molar-refractivity contribution in [2.45, 2.75) is 5.66 Å². The molecule has 0 aromatic heterocycles. The van der Waals surface area contributed by atoms with E-state index in [0.717, 1.165) is 10.6 Å². The van der Waals surface area contributed by atoms with Gasteiger partial charge in [0.25, 0.3) is 0 Å². The minimum Gasteiger partial charge on any atom is -0.309 e. The Morgan fingerprint density at radius 2 is 0.741 bits per heavy atom. The molecule has 0 aliphatic carbocycles. The lowest BCUT2D eigenvalue weighted by Crippen LogP contribution is -2.21. The molecule has 0 fully saturated rings. The predicted octanol–water partition coefficient (Wildman–Crippen LogP) is 6.21. The third kappa shape index (κ3) is 3.39. The fraction of sp³-hybridized carbons (Fsp3) is 0.0400. The molecule has 4 aromatic rings. The molecule has 1 nitrogen and oxygen atoms in total. The van der Waals surface area contributed by atoms with Crippen molar-refractivity contribution in [3.8, 4) is 0 Å². The van der Waals surface area contributed by atoms with Crippen LogP contribution in [0.3, 0.4) is 0 Å². The second-order valence-electron chi connectivity index (χ2n) is 6.62. The molecule has 0 aliphatic rings. The van der Waals surface area contributed by atoms with Gasteiger partial charge in [-0.25, -0.2) is 0 Å². The Morgan fingerprint density at radius 1 is 0.444 bits per heavy atom. The summed E-state index contributed by atoms with van der Waals surface area (Å²) in [6.07, 6.45) is 0. The van der Waals surface area contributed by atoms with Crippen LogP contribution < -0.4 is 10.6 Å². The number of hydrogen-bond acceptors (Lipinski definition) is 1. The minimum absolute atomic E-state index is 0.00954. The normalized spacial score (nSPS) is 11.4. The molecule has 27 heavy (non-hydrogen) atoms. The van der Waals surface area contributed by atoms with E-state index in [-0.39, 0.29) is 5.66 Å². The maximum atomic E-state index is 9.95. The van der Waals surface area contributed by atoms with Gasteiger partial charge in [-0.3, -0.25) is 0 Å². The zero-order valence-corrected chi connectivity index (χ0v) is 16.0. The molecule has 4 rings (SSSR count). The van der Waals surface area contributed by atoms with Crippen LogP contribution in [0.15, 0.2) is 121 Å². The van der Waals surface area contributed by atoms with Gasteiger partial charge in [0.1, 0.15) is 0 Å². The van der Waals surface area contributed by atoms with E-state index in [9.17, 15) is 5.16 Å². The zero-order valence-electron chi connectivity index (χ0n) is 15.1. The summed E-state index contributed by atoms with van der Waals surface area (Å²) in [6.45, 7) is 0. The molecule has 0 radical (unpaired) electrons. The van der Waals surface area contributed by atoms with Gasteiger partial charge in [-0.05, 0) is 21.7 Å². The second kappa shape index (κ2) is 7.78. The highest BCUT2D eigenvalue weighted by Crippen LogP contribution is 2.60. The highest BCUT2D eigenvalue weighted by molar-refractivity contribution is 7.80. The molecule has 0 bridgehead atoms. The van der Waals surface area contributed by atoms with E-state index in [4.69, 9.17) is 0 Å². The highest BCUT2D eigenvalue weighted by atomic mass is 31.2. The molecule has 0 saturated carbocycles. The van der Waals surface area contributed by atoms with E-state index >= 15 is 0 Å². The van der Waals surface area contributed by atoms with Gasteiger partial charge in [-0.15, -0.1) is 0 Å². The predicted molar refractivity (Wildman–Crippen MR) is 117 cm³/mol. The van der Waals surface area contributed by atoms with E-state index in [1.54, 1.807) is 0 Å². The SMILES string of the molecule is N=P(c1ccccc1)(c1ccccc1)C(c1ccccc1)c1ccccc1. The summed E-state index contributed by atoms with van der Waals surface area (Å²) in [7, 11) is -2.48. The molecule has 0 atom stereocenters. The molecule has 0 heterocycles. The minimum atomic E-state index is -2.48. The largest absolute Gasteiger partial charge is 0.309 e. The number of rotatable bonds is 5. The molecule has 0 aliphatic heterocycles. The fourth-order valence-electron chi connectivity index (χ4n) is 3.68. The molecular formula is C25H22NP. The lowest BCUT2D eigenvalue weighted by Gasteiger charge is -2.33. The summed E-state index contributed by atoms with van der Waals surface area (Å²) in [5, 5.41) is 12.2. The standard InChI is InChI=1S/C25H22NP/c26-27(23-17-9-3-10-18-23,24-19-11-4-12-20-24)25(21-13-5-1-6-14-21)22-15-7-2-8-16-22/h1-20,25-26H. The lowest BCUT2D eigenvalue weighted by atomic mass is 10.0. The van der Waals surface area contributed by atoms with Gasteiger partial charge >= 0.3 is 0 Å². The van der Waals surface area contributed by atoms with Gasteiger partial charge in [0.15, 0.2) is 0 Å². The number of benzene rings is 4. The Morgan fingerprint density at radius 3 is 1.07 bits per heavy atom. The third-order valence-corrected chi connectivity index (χ3v) is 8.54. The molecular weight excluding hydrogens is 345 g/mol. The first-order chi connectivity index (χ1) is 13.3. The van der Waals surface area contributed by atoms with Crippen LogP contribution in [0, 0.1) is 5.16 Å². The monoisotopic (exact) mass is 367 g/mol. The van der Waals surface area contributed by atoms with Gasteiger partial charge in [0.05, 0.1) is 5.66 Å². The molecule has 4 aromatic carbocycles. The van der Waals surface area contributed by atoms with Crippen molar-refractivity contribution in [3.05, 3.63) is 132 Å². The molecule has 0 saturated heterocycles. The summed E-state index contributed by atoms with van der Waals surface area (Å²) in [4.78, 5) is 0. The van der Waals surface area contributed by atoms with E-state index in [1.165, 1.54) is 11.1 Å². The van der Waals surface area contributed by atoms with Gasteiger partial charge in [-0.1, -0.05) is 121 Å². The van der Waals surface area contributed by atoms with E-state index < -0.39 is 7.05 Å². The molecule has 0 amide bonds. The first kappa shape index (κ1) is 17.5. The van der Waals surface area contributed by atoms with Crippen molar-refractivity contribution in [1.82, 2.24) is 0 Å².